The average Bonchev–Trinajstić information content (AvgIpc) is 2.42. The third-order valence-corrected chi connectivity index (χ3v) is 3.73. The minimum absolute atomic E-state index is 0.00783. The molecule has 0 aromatic heterocycles. The Labute approximate surface area is 119 Å². The van der Waals surface area contributed by atoms with Gasteiger partial charge < -0.3 is 21.5 Å². The molecule has 1 unspecified atom stereocenters. The van der Waals surface area contributed by atoms with Crippen molar-refractivity contribution in [2.75, 3.05) is 5.32 Å². The molecule has 2 amide bonds. The molecule has 5 heteroatoms. The first-order valence-electron chi connectivity index (χ1n) is 7.15. The van der Waals surface area contributed by atoms with E-state index in [4.69, 9.17) is 5.73 Å². The number of amides is 2. The molecule has 0 bridgehead atoms. The topological polar surface area (TPSA) is 87.4 Å². The summed E-state index contributed by atoms with van der Waals surface area (Å²) in [6.45, 7) is 1.92. The van der Waals surface area contributed by atoms with Crippen LogP contribution in [0.25, 0.3) is 0 Å². The maximum Gasteiger partial charge on any atom is 0.319 e. The summed E-state index contributed by atoms with van der Waals surface area (Å²) in [7, 11) is 0. The molecule has 0 saturated heterocycles. The van der Waals surface area contributed by atoms with Crippen molar-refractivity contribution in [3.63, 3.8) is 0 Å². The van der Waals surface area contributed by atoms with Gasteiger partial charge in [-0.05, 0) is 50.3 Å². The summed E-state index contributed by atoms with van der Waals surface area (Å²) in [6, 6.07) is 7.48. The zero-order valence-electron chi connectivity index (χ0n) is 11.8. The second-order valence-electron chi connectivity index (χ2n) is 5.51. The van der Waals surface area contributed by atoms with Gasteiger partial charge in [-0.2, -0.15) is 0 Å². The van der Waals surface area contributed by atoms with Crippen LogP contribution in [0, 0.1) is 0 Å². The number of hydrogen-bond acceptors (Lipinski definition) is 3. The summed E-state index contributed by atoms with van der Waals surface area (Å²) in [5, 5.41) is 15.2. The van der Waals surface area contributed by atoms with Crippen molar-refractivity contribution < 1.29 is 9.90 Å². The molecule has 0 aliphatic heterocycles. The standard InChI is InChI=1S/C15H23N3O2/c1-10(16)11-2-4-12(5-3-11)17-15(20)18-13-6-8-14(19)9-7-13/h2-5,10,13-14,19H,6-9,16H2,1H3,(H2,17,18,20). The highest BCUT2D eigenvalue weighted by Crippen LogP contribution is 2.19. The van der Waals surface area contributed by atoms with E-state index in [0.717, 1.165) is 36.9 Å². The number of carbonyl (C=O) groups is 1. The van der Waals surface area contributed by atoms with Crippen LogP contribution in [0.5, 0.6) is 0 Å². The number of nitrogens with two attached hydrogens (primary N) is 1. The van der Waals surface area contributed by atoms with E-state index >= 15 is 0 Å². The van der Waals surface area contributed by atoms with Crippen molar-refractivity contribution in [1.82, 2.24) is 5.32 Å². The molecule has 1 aromatic rings. The van der Waals surface area contributed by atoms with Crippen LogP contribution >= 0.6 is 0 Å². The summed E-state index contributed by atoms with van der Waals surface area (Å²) in [5.74, 6) is 0. The van der Waals surface area contributed by atoms with Gasteiger partial charge >= 0.3 is 6.03 Å². The number of carbonyl (C=O) groups excluding carboxylic acids is 1. The SMILES string of the molecule is CC(N)c1ccc(NC(=O)NC2CCC(O)CC2)cc1. The molecule has 1 atom stereocenters. The Kier molecular flexibility index (Phi) is 4.98. The molecule has 2 rings (SSSR count). The van der Waals surface area contributed by atoms with Crippen molar-refractivity contribution in [3.8, 4) is 0 Å². The summed E-state index contributed by atoms with van der Waals surface area (Å²) in [5.41, 5.74) is 7.57. The lowest BCUT2D eigenvalue weighted by molar-refractivity contribution is 0.118. The molecule has 0 spiro atoms. The van der Waals surface area contributed by atoms with E-state index in [2.05, 4.69) is 10.6 Å². The van der Waals surface area contributed by atoms with Crippen LogP contribution in [0.3, 0.4) is 0 Å². The lowest BCUT2D eigenvalue weighted by Crippen LogP contribution is -2.40. The van der Waals surface area contributed by atoms with Gasteiger partial charge in [-0.15, -0.1) is 0 Å². The van der Waals surface area contributed by atoms with Crippen molar-refractivity contribution in [3.05, 3.63) is 29.8 Å². The van der Waals surface area contributed by atoms with Gasteiger partial charge in [0.25, 0.3) is 0 Å². The predicted molar refractivity (Wildman–Crippen MR) is 79.5 cm³/mol. The molecule has 20 heavy (non-hydrogen) atoms. The van der Waals surface area contributed by atoms with Crippen LogP contribution in [-0.4, -0.2) is 23.3 Å². The zero-order valence-corrected chi connectivity index (χ0v) is 11.8. The largest absolute Gasteiger partial charge is 0.393 e. The number of anilines is 1. The fraction of sp³-hybridized carbons (Fsp3) is 0.533. The number of hydrogen-bond donors (Lipinski definition) is 4. The molecule has 1 aromatic carbocycles. The third kappa shape index (κ3) is 4.21. The molecule has 1 aliphatic carbocycles. The second kappa shape index (κ2) is 6.72. The maximum absolute atomic E-state index is 11.9. The molecule has 1 aliphatic rings. The number of urea groups is 1. The number of aliphatic hydroxyl groups is 1. The van der Waals surface area contributed by atoms with E-state index < -0.39 is 0 Å². The highest BCUT2D eigenvalue weighted by atomic mass is 16.3. The smallest absolute Gasteiger partial charge is 0.319 e. The van der Waals surface area contributed by atoms with E-state index in [0.29, 0.717) is 0 Å². The van der Waals surface area contributed by atoms with Crippen LogP contribution in [0.2, 0.25) is 0 Å². The Morgan fingerprint density at radius 2 is 1.85 bits per heavy atom. The maximum atomic E-state index is 11.9. The summed E-state index contributed by atoms with van der Waals surface area (Å²) in [4.78, 5) is 11.9. The highest BCUT2D eigenvalue weighted by Gasteiger charge is 2.20. The minimum Gasteiger partial charge on any atom is -0.393 e. The Hall–Kier alpha value is -1.59. The van der Waals surface area contributed by atoms with Gasteiger partial charge in [0.1, 0.15) is 0 Å². The molecule has 1 fully saturated rings. The van der Waals surface area contributed by atoms with Crippen LogP contribution < -0.4 is 16.4 Å². The Morgan fingerprint density at radius 3 is 2.40 bits per heavy atom. The molecular weight excluding hydrogens is 254 g/mol. The fourth-order valence-electron chi connectivity index (χ4n) is 2.44. The lowest BCUT2D eigenvalue weighted by Gasteiger charge is -2.26. The predicted octanol–water partition coefficient (Wildman–Crippen LogP) is 2.13. The molecular formula is C15H23N3O2. The fourth-order valence-corrected chi connectivity index (χ4v) is 2.44. The average molecular weight is 277 g/mol. The van der Waals surface area contributed by atoms with E-state index in [1.807, 2.05) is 31.2 Å². The van der Waals surface area contributed by atoms with Crippen LogP contribution in [0.15, 0.2) is 24.3 Å². The molecule has 5 N–H and O–H groups in total. The summed E-state index contributed by atoms with van der Waals surface area (Å²) >= 11 is 0. The van der Waals surface area contributed by atoms with Crippen LogP contribution in [-0.2, 0) is 0 Å². The van der Waals surface area contributed by atoms with E-state index in [1.165, 1.54) is 0 Å². The van der Waals surface area contributed by atoms with E-state index in [9.17, 15) is 9.90 Å². The van der Waals surface area contributed by atoms with Crippen LogP contribution in [0.1, 0.15) is 44.2 Å². The summed E-state index contributed by atoms with van der Waals surface area (Å²) in [6.07, 6.45) is 2.97. The Morgan fingerprint density at radius 1 is 1.25 bits per heavy atom. The Balaban J connectivity index is 1.82. The van der Waals surface area contributed by atoms with Gasteiger partial charge in [-0.1, -0.05) is 12.1 Å². The quantitative estimate of drug-likeness (QED) is 0.682. The molecule has 110 valence electrons. The van der Waals surface area contributed by atoms with Gasteiger partial charge in [0.2, 0.25) is 0 Å². The number of rotatable bonds is 3. The highest BCUT2D eigenvalue weighted by molar-refractivity contribution is 5.89. The molecule has 0 heterocycles. The van der Waals surface area contributed by atoms with E-state index in [1.54, 1.807) is 0 Å². The number of benzene rings is 1. The van der Waals surface area contributed by atoms with Gasteiger partial charge in [-0.25, -0.2) is 4.79 Å². The van der Waals surface area contributed by atoms with Gasteiger partial charge in [-0.3, -0.25) is 0 Å². The molecule has 0 radical (unpaired) electrons. The normalized spacial score (nSPS) is 23.9. The summed E-state index contributed by atoms with van der Waals surface area (Å²) < 4.78 is 0. The van der Waals surface area contributed by atoms with Crippen molar-refractivity contribution in [2.45, 2.75) is 50.8 Å². The van der Waals surface area contributed by atoms with Crippen molar-refractivity contribution in [1.29, 1.82) is 0 Å². The molecule has 1 saturated carbocycles. The number of nitrogens with one attached hydrogen (secondary N) is 2. The monoisotopic (exact) mass is 277 g/mol. The second-order valence-corrected chi connectivity index (χ2v) is 5.51. The van der Waals surface area contributed by atoms with Crippen LogP contribution in [0.4, 0.5) is 10.5 Å². The third-order valence-electron chi connectivity index (χ3n) is 3.73. The first kappa shape index (κ1) is 14.8. The van der Waals surface area contributed by atoms with Crippen molar-refractivity contribution in [2.24, 2.45) is 5.73 Å². The first-order valence-corrected chi connectivity index (χ1v) is 7.15. The number of aliphatic hydroxyl groups excluding tert-OH is 1. The molecule has 5 nitrogen and oxygen atoms in total. The first-order chi connectivity index (χ1) is 9.54. The lowest BCUT2D eigenvalue weighted by atomic mass is 9.93. The Bertz CT molecular complexity index is 437. The van der Waals surface area contributed by atoms with Crippen molar-refractivity contribution >= 4 is 11.7 Å². The zero-order chi connectivity index (χ0) is 14.5. The van der Waals surface area contributed by atoms with Gasteiger partial charge in [0.15, 0.2) is 0 Å². The van der Waals surface area contributed by atoms with E-state index in [-0.39, 0.29) is 24.2 Å². The van der Waals surface area contributed by atoms with Gasteiger partial charge in [0.05, 0.1) is 6.10 Å². The minimum atomic E-state index is -0.207. The van der Waals surface area contributed by atoms with Gasteiger partial charge in [0, 0.05) is 17.8 Å².